The van der Waals surface area contributed by atoms with E-state index < -0.39 is 74.6 Å². The van der Waals surface area contributed by atoms with E-state index in [1.807, 2.05) is 0 Å². The molecule has 0 aromatic carbocycles. The number of rotatable bonds is 6. The predicted molar refractivity (Wildman–Crippen MR) is 195 cm³/mol. The summed E-state index contributed by atoms with van der Waals surface area (Å²) in [6, 6.07) is 0. The summed E-state index contributed by atoms with van der Waals surface area (Å²) in [5, 5.41) is 73.5. The van der Waals surface area contributed by atoms with Gasteiger partial charge in [0, 0.05) is 11.3 Å². The van der Waals surface area contributed by atoms with E-state index in [0.717, 1.165) is 25.9 Å². The smallest absolute Gasteiger partial charge is 0.187 e. The fourth-order valence-electron chi connectivity index (χ4n) is 14.3. The van der Waals surface area contributed by atoms with Crippen molar-refractivity contribution in [2.24, 2.45) is 50.2 Å². The normalized spacial score (nSPS) is 57.4. The quantitative estimate of drug-likeness (QED) is 0.155. The second kappa shape index (κ2) is 13.1. The fraction of sp³-hybridized carbons (Fsp3) is 0.952. The van der Waals surface area contributed by atoms with Crippen molar-refractivity contribution >= 4 is 0 Å². The van der Waals surface area contributed by atoms with Gasteiger partial charge in [0.25, 0.3) is 0 Å². The van der Waals surface area contributed by atoms with Crippen LogP contribution < -0.4 is 0 Å². The van der Waals surface area contributed by atoms with Crippen molar-refractivity contribution in [2.45, 2.75) is 179 Å². The Balaban J connectivity index is 1.06. The maximum atomic E-state index is 11.3. The van der Waals surface area contributed by atoms with Crippen molar-refractivity contribution < 1.29 is 59.4 Å². The first kappa shape index (κ1) is 40.1. The number of hydrogen-bond acceptors (Lipinski definition) is 12. The molecule has 0 aromatic heterocycles. The van der Waals surface area contributed by atoms with Crippen LogP contribution in [0.15, 0.2) is 12.2 Å². The third-order valence-corrected chi connectivity index (χ3v) is 17.8. The maximum absolute atomic E-state index is 11.3. The van der Waals surface area contributed by atoms with Crippen LogP contribution in [0, 0.1) is 50.2 Å². The Kier molecular flexibility index (Phi) is 9.74. The molecule has 2 bridgehead atoms. The van der Waals surface area contributed by atoms with Gasteiger partial charge in [-0.25, -0.2) is 0 Å². The van der Waals surface area contributed by atoms with Crippen LogP contribution in [0.1, 0.15) is 106 Å². The fourth-order valence-corrected chi connectivity index (χ4v) is 14.3. The molecule has 1 spiro atoms. The van der Waals surface area contributed by atoms with Crippen LogP contribution in [0.5, 0.6) is 0 Å². The molecule has 12 heteroatoms. The van der Waals surface area contributed by atoms with E-state index in [1.165, 1.54) is 32.1 Å². The average molecular weight is 765 g/mol. The SMILES string of the molecule is CC1(C)CCC23CC[C@@]4(C)C5(C)CCC6C(C)(C)C(OC7O[C@H](CO)[C@@H](O)[C@H](O)C7OC7O[C@H](CO)[C@@H](O)[C@H](O)[C@@H]7O)CCC6(C)C5C=CC4(OC2)C3C1. The molecule has 4 saturated carbocycles. The highest BCUT2D eigenvalue weighted by molar-refractivity contribution is 5.34. The summed E-state index contributed by atoms with van der Waals surface area (Å²) < 4.78 is 31.7. The molecule has 8 rings (SSSR count). The van der Waals surface area contributed by atoms with Crippen molar-refractivity contribution in [2.75, 3.05) is 19.8 Å². The molecule has 0 aromatic rings. The topological polar surface area (TPSA) is 188 Å². The summed E-state index contributed by atoms with van der Waals surface area (Å²) >= 11 is 0. The Hall–Kier alpha value is -0.740. The van der Waals surface area contributed by atoms with Crippen molar-refractivity contribution in [3.63, 3.8) is 0 Å². The summed E-state index contributed by atoms with van der Waals surface area (Å²) in [5.41, 5.74) is 0.0340. The highest BCUT2D eigenvalue weighted by Crippen LogP contribution is 2.79. The van der Waals surface area contributed by atoms with Crippen molar-refractivity contribution in [3.8, 4) is 0 Å². The van der Waals surface area contributed by atoms with Crippen LogP contribution in [0.4, 0.5) is 0 Å². The van der Waals surface area contributed by atoms with E-state index in [4.69, 9.17) is 23.7 Å². The van der Waals surface area contributed by atoms with Gasteiger partial charge in [-0.3, -0.25) is 0 Å². The minimum Gasteiger partial charge on any atom is -0.394 e. The molecular weight excluding hydrogens is 696 g/mol. The predicted octanol–water partition coefficient (Wildman–Crippen LogP) is 2.81. The van der Waals surface area contributed by atoms with Crippen LogP contribution in [-0.2, 0) is 23.7 Å². The molecule has 3 heterocycles. The van der Waals surface area contributed by atoms with E-state index in [-0.39, 0.29) is 39.3 Å². The molecule has 19 atom stereocenters. The highest BCUT2D eigenvalue weighted by Gasteiger charge is 2.77. The Morgan fingerprint density at radius 1 is 0.667 bits per heavy atom. The number of fused-ring (bicyclic) bond motifs is 4. The largest absolute Gasteiger partial charge is 0.394 e. The lowest BCUT2D eigenvalue weighted by atomic mass is 9.32. The summed E-state index contributed by atoms with van der Waals surface area (Å²) in [5.74, 6) is 1.16. The van der Waals surface area contributed by atoms with Crippen LogP contribution in [0.2, 0.25) is 0 Å². The molecule has 5 aliphatic carbocycles. The summed E-state index contributed by atoms with van der Waals surface area (Å²) in [6.45, 7) is 16.7. The van der Waals surface area contributed by atoms with Gasteiger partial charge in [0.05, 0.1) is 31.5 Å². The monoisotopic (exact) mass is 764 g/mol. The van der Waals surface area contributed by atoms with Crippen molar-refractivity contribution in [1.82, 2.24) is 0 Å². The molecule has 3 aliphatic heterocycles. The minimum atomic E-state index is -1.73. The first-order valence-electron chi connectivity index (χ1n) is 20.8. The van der Waals surface area contributed by atoms with Crippen molar-refractivity contribution in [1.29, 1.82) is 0 Å². The second-order valence-electron chi connectivity index (χ2n) is 21.0. The van der Waals surface area contributed by atoms with Crippen LogP contribution >= 0.6 is 0 Å². The highest BCUT2D eigenvalue weighted by atomic mass is 16.8. The molecule has 12 nitrogen and oxygen atoms in total. The van der Waals surface area contributed by atoms with Gasteiger partial charge in [-0.1, -0.05) is 60.6 Å². The van der Waals surface area contributed by atoms with Crippen LogP contribution in [0.3, 0.4) is 0 Å². The lowest BCUT2D eigenvalue weighted by Gasteiger charge is -2.72. The van der Waals surface area contributed by atoms with E-state index in [2.05, 4.69) is 60.6 Å². The summed E-state index contributed by atoms with van der Waals surface area (Å²) in [4.78, 5) is 0. The molecule has 54 heavy (non-hydrogen) atoms. The Labute approximate surface area is 320 Å². The zero-order valence-corrected chi connectivity index (χ0v) is 33.4. The van der Waals surface area contributed by atoms with Crippen LogP contribution in [0.25, 0.3) is 0 Å². The summed E-state index contributed by atoms with van der Waals surface area (Å²) in [6.07, 6.45) is -0.135. The molecule has 308 valence electrons. The van der Waals surface area contributed by atoms with Gasteiger partial charge in [-0.05, 0) is 96.7 Å². The second-order valence-corrected chi connectivity index (χ2v) is 21.0. The Morgan fingerprint density at radius 2 is 1.31 bits per heavy atom. The van der Waals surface area contributed by atoms with E-state index in [0.29, 0.717) is 29.1 Å². The Bertz CT molecular complexity index is 1450. The molecule has 7 fully saturated rings. The number of aliphatic hydroxyl groups is 7. The zero-order valence-electron chi connectivity index (χ0n) is 33.4. The van der Waals surface area contributed by atoms with Crippen molar-refractivity contribution in [3.05, 3.63) is 12.2 Å². The molecule has 0 amide bonds. The molecule has 8 aliphatic rings. The lowest BCUT2D eigenvalue weighted by molar-refractivity contribution is -0.378. The van der Waals surface area contributed by atoms with Gasteiger partial charge < -0.3 is 59.4 Å². The van der Waals surface area contributed by atoms with Gasteiger partial charge in [0.15, 0.2) is 12.6 Å². The number of aliphatic hydroxyl groups excluding tert-OH is 7. The van der Waals surface area contributed by atoms with Gasteiger partial charge in [-0.2, -0.15) is 0 Å². The van der Waals surface area contributed by atoms with Gasteiger partial charge in [0.2, 0.25) is 0 Å². The van der Waals surface area contributed by atoms with Crippen LogP contribution in [-0.4, -0.2) is 129 Å². The summed E-state index contributed by atoms with van der Waals surface area (Å²) in [7, 11) is 0. The first-order valence-corrected chi connectivity index (χ1v) is 20.8. The molecule has 0 radical (unpaired) electrons. The maximum Gasteiger partial charge on any atom is 0.187 e. The Morgan fingerprint density at radius 3 is 2.00 bits per heavy atom. The standard InChI is InChI=1S/C42H68O12/c1-36(2)14-16-41-17-15-40(7)39(6)12-8-24-37(3,4)27(10-11-38(24,5)25(39)9-13-42(40,50-21-41)26(41)18-36)53-35-33(31(48)29(46)23(20-44)52-35)54-34-32(49)30(47)28(45)22(19-43)51-34/h9,13,22-35,43-49H,8,10-12,14-21H2,1-7H3/t22-,23-,24?,25?,26?,27?,28-,29-,30+,31+,32+,33?,34?,35?,38?,39?,40+,41?,42?/m1/s1. The van der Waals surface area contributed by atoms with E-state index >= 15 is 0 Å². The molecular formula is C42H68O12. The number of allylic oxidation sites excluding steroid dienone is 1. The number of ether oxygens (including phenoxy) is 5. The average Bonchev–Trinajstić information content (AvgIpc) is 3.35. The third kappa shape index (κ3) is 5.37. The molecule has 7 N–H and O–H groups in total. The molecule has 3 saturated heterocycles. The zero-order chi connectivity index (χ0) is 39.0. The minimum absolute atomic E-state index is 0.00413. The van der Waals surface area contributed by atoms with E-state index in [9.17, 15) is 35.7 Å². The van der Waals surface area contributed by atoms with Gasteiger partial charge in [-0.15, -0.1) is 0 Å². The molecule has 11 unspecified atom stereocenters. The number of hydrogen-bond donors (Lipinski definition) is 7. The van der Waals surface area contributed by atoms with Gasteiger partial charge in [0.1, 0.15) is 48.8 Å². The first-order chi connectivity index (χ1) is 25.2. The lowest BCUT2D eigenvalue weighted by Crippen LogP contribution is -2.70. The van der Waals surface area contributed by atoms with E-state index in [1.54, 1.807) is 0 Å². The van der Waals surface area contributed by atoms with Gasteiger partial charge >= 0.3 is 0 Å². The third-order valence-electron chi connectivity index (χ3n) is 17.8.